The van der Waals surface area contributed by atoms with E-state index in [1.807, 2.05) is 18.2 Å². The lowest BCUT2D eigenvalue weighted by Gasteiger charge is -2.29. The zero-order chi connectivity index (χ0) is 14.1. The highest BCUT2D eigenvalue weighted by Crippen LogP contribution is 2.31. The molecule has 2 aliphatic heterocycles. The third-order valence-electron chi connectivity index (χ3n) is 3.85. The highest BCUT2D eigenvalue weighted by Gasteiger charge is 2.31. The van der Waals surface area contributed by atoms with Crippen LogP contribution in [0, 0.1) is 0 Å². The van der Waals surface area contributed by atoms with Crippen LogP contribution in [0.3, 0.4) is 0 Å². The summed E-state index contributed by atoms with van der Waals surface area (Å²) >= 11 is 9.53. The van der Waals surface area contributed by atoms with Crippen LogP contribution >= 0.6 is 27.5 Å². The summed E-state index contributed by atoms with van der Waals surface area (Å²) in [5.74, 6) is 0.608. The van der Waals surface area contributed by atoms with E-state index in [9.17, 15) is 0 Å². The van der Waals surface area contributed by atoms with Crippen LogP contribution in [0.2, 0.25) is 5.02 Å². The smallest absolute Gasteiger partial charge is 0.192 e. The molecule has 6 heteroatoms. The minimum atomic E-state index is 0.174. The Morgan fingerprint density at radius 3 is 3.05 bits per heavy atom. The van der Waals surface area contributed by atoms with E-state index in [1.54, 1.807) is 0 Å². The zero-order valence-electron chi connectivity index (χ0n) is 11.1. The van der Waals surface area contributed by atoms with E-state index in [4.69, 9.17) is 22.1 Å². The molecule has 0 saturated carbocycles. The molecular formula is C14H17BrClN3O. The molecule has 2 unspecified atom stereocenters. The van der Waals surface area contributed by atoms with E-state index in [2.05, 4.69) is 25.8 Å². The Hall–Kier alpha value is -0.780. The number of hydrogen-bond donors (Lipinski definition) is 1. The molecule has 1 aromatic carbocycles. The summed E-state index contributed by atoms with van der Waals surface area (Å²) < 4.78 is 6.61. The first kappa shape index (κ1) is 14.2. The average Bonchev–Trinajstić information content (AvgIpc) is 3.05. The van der Waals surface area contributed by atoms with Crippen molar-refractivity contribution < 1.29 is 4.74 Å². The number of nitrogens with two attached hydrogens (primary N) is 1. The van der Waals surface area contributed by atoms with Gasteiger partial charge in [0.25, 0.3) is 0 Å². The Kier molecular flexibility index (Phi) is 4.19. The van der Waals surface area contributed by atoms with Crippen molar-refractivity contribution in [1.29, 1.82) is 0 Å². The van der Waals surface area contributed by atoms with Gasteiger partial charge in [0.15, 0.2) is 5.96 Å². The summed E-state index contributed by atoms with van der Waals surface area (Å²) in [7, 11) is 0. The van der Waals surface area contributed by atoms with Gasteiger partial charge in [-0.05, 0) is 46.5 Å². The third kappa shape index (κ3) is 2.80. The summed E-state index contributed by atoms with van der Waals surface area (Å²) in [5, 5.41) is 0.714. The molecule has 1 aromatic rings. The van der Waals surface area contributed by atoms with E-state index in [0.29, 0.717) is 17.5 Å². The molecule has 3 rings (SSSR count). The average molecular weight is 359 g/mol. The maximum absolute atomic E-state index is 6.06. The van der Waals surface area contributed by atoms with E-state index in [0.717, 1.165) is 30.5 Å². The molecule has 1 fully saturated rings. The van der Waals surface area contributed by atoms with Crippen molar-refractivity contribution in [3.05, 3.63) is 33.3 Å². The molecule has 0 aliphatic carbocycles. The highest BCUT2D eigenvalue weighted by molar-refractivity contribution is 9.10. The second-order valence-corrected chi connectivity index (χ2v) is 6.44. The molecule has 2 heterocycles. The van der Waals surface area contributed by atoms with Crippen LogP contribution < -0.4 is 5.73 Å². The molecule has 2 aliphatic rings. The fraction of sp³-hybridized carbons (Fsp3) is 0.500. The number of nitrogens with zero attached hydrogens (tertiary/aromatic N) is 2. The number of benzene rings is 1. The first-order valence-electron chi connectivity index (χ1n) is 6.78. The molecular weight excluding hydrogens is 342 g/mol. The van der Waals surface area contributed by atoms with Gasteiger partial charge in [0, 0.05) is 17.6 Å². The zero-order valence-corrected chi connectivity index (χ0v) is 13.4. The monoisotopic (exact) mass is 357 g/mol. The maximum Gasteiger partial charge on any atom is 0.192 e. The lowest BCUT2D eigenvalue weighted by molar-refractivity contribution is 0.0853. The van der Waals surface area contributed by atoms with E-state index < -0.39 is 0 Å². The second kappa shape index (κ2) is 5.92. The molecule has 2 atom stereocenters. The van der Waals surface area contributed by atoms with Crippen molar-refractivity contribution >= 4 is 33.5 Å². The first-order valence-corrected chi connectivity index (χ1v) is 7.95. The SMILES string of the molecule is NC1=NCC(c2ccc(Cl)c(Br)c2)N1CC1CCCO1. The highest BCUT2D eigenvalue weighted by atomic mass is 79.9. The predicted molar refractivity (Wildman–Crippen MR) is 84.1 cm³/mol. The summed E-state index contributed by atoms with van der Waals surface area (Å²) in [6.07, 6.45) is 2.49. The summed E-state index contributed by atoms with van der Waals surface area (Å²) in [5.41, 5.74) is 7.21. The van der Waals surface area contributed by atoms with Crippen LogP contribution in [0.1, 0.15) is 24.4 Å². The molecule has 0 bridgehead atoms. The first-order chi connectivity index (χ1) is 9.65. The fourth-order valence-corrected chi connectivity index (χ4v) is 3.28. The predicted octanol–water partition coefficient (Wildman–Crippen LogP) is 2.95. The molecule has 1 saturated heterocycles. The number of guanidine groups is 1. The van der Waals surface area contributed by atoms with Crippen molar-refractivity contribution in [2.75, 3.05) is 19.7 Å². The lowest BCUT2D eigenvalue weighted by atomic mass is 10.1. The topological polar surface area (TPSA) is 50.8 Å². The van der Waals surface area contributed by atoms with Gasteiger partial charge in [-0.3, -0.25) is 4.99 Å². The molecule has 0 amide bonds. The molecule has 4 nitrogen and oxygen atoms in total. The third-order valence-corrected chi connectivity index (χ3v) is 5.06. The Morgan fingerprint density at radius 2 is 2.35 bits per heavy atom. The number of hydrogen-bond acceptors (Lipinski definition) is 4. The van der Waals surface area contributed by atoms with Gasteiger partial charge in [-0.2, -0.15) is 0 Å². The second-order valence-electron chi connectivity index (χ2n) is 5.18. The van der Waals surface area contributed by atoms with Gasteiger partial charge in [-0.15, -0.1) is 0 Å². The molecule has 2 N–H and O–H groups in total. The minimum Gasteiger partial charge on any atom is -0.376 e. The van der Waals surface area contributed by atoms with Gasteiger partial charge < -0.3 is 15.4 Å². The number of ether oxygens (including phenoxy) is 1. The quantitative estimate of drug-likeness (QED) is 0.904. The van der Waals surface area contributed by atoms with E-state index in [1.165, 1.54) is 5.56 Å². The summed E-state index contributed by atoms with van der Waals surface area (Å²) in [6, 6.07) is 6.16. The van der Waals surface area contributed by atoms with Crippen molar-refractivity contribution in [2.24, 2.45) is 10.7 Å². The van der Waals surface area contributed by atoms with Gasteiger partial charge in [0.05, 0.1) is 23.7 Å². The largest absolute Gasteiger partial charge is 0.376 e. The number of rotatable bonds is 3. The Labute approximate surface area is 132 Å². The maximum atomic E-state index is 6.06. The van der Waals surface area contributed by atoms with Crippen LogP contribution in [0.15, 0.2) is 27.7 Å². The van der Waals surface area contributed by atoms with E-state index in [-0.39, 0.29) is 12.1 Å². The van der Waals surface area contributed by atoms with Crippen LogP contribution in [0.4, 0.5) is 0 Å². The standard InChI is InChI=1S/C14H17BrClN3O/c15-11-6-9(3-4-12(11)16)13-7-18-14(17)19(13)8-10-2-1-5-20-10/h3-4,6,10,13H,1-2,5,7-8H2,(H2,17,18). The minimum absolute atomic E-state index is 0.174. The van der Waals surface area contributed by atoms with E-state index >= 15 is 0 Å². The molecule has 108 valence electrons. The van der Waals surface area contributed by atoms with Crippen molar-refractivity contribution in [2.45, 2.75) is 25.0 Å². The molecule has 20 heavy (non-hydrogen) atoms. The van der Waals surface area contributed by atoms with Gasteiger partial charge in [0.2, 0.25) is 0 Å². The van der Waals surface area contributed by atoms with Crippen molar-refractivity contribution in [1.82, 2.24) is 4.90 Å². The van der Waals surface area contributed by atoms with Crippen molar-refractivity contribution in [3.8, 4) is 0 Å². The van der Waals surface area contributed by atoms with Crippen molar-refractivity contribution in [3.63, 3.8) is 0 Å². The number of halogens is 2. The van der Waals surface area contributed by atoms with Gasteiger partial charge in [-0.1, -0.05) is 17.7 Å². The Bertz CT molecular complexity index is 531. The van der Waals surface area contributed by atoms with Crippen LogP contribution in [0.25, 0.3) is 0 Å². The Balaban J connectivity index is 1.78. The van der Waals surface area contributed by atoms with Crippen LogP contribution in [-0.2, 0) is 4.74 Å². The van der Waals surface area contributed by atoms with Gasteiger partial charge >= 0.3 is 0 Å². The fourth-order valence-electron chi connectivity index (χ4n) is 2.76. The summed E-state index contributed by atoms with van der Waals surface area (Å²) in [4.78, 5) is 6.53. The van der Waals surface area contributed by atoms with Gasteiger partial charge in [-0.25, -0.2) is 0 Å². The summed E-state index contributed by atoms with van der Waals surface area (Å²) in [6.45, 7) is 2.35. The molecule has 0 aromatic heterocycles. The lowest BCUT2D eigenvalue weighted by Crippen LogP contribution is -2.41. The molecule has 0 spiro atoms. The van der Waals surface area contributed by atoms with Gasteiger partial charge in [0.1, 0.15) is 0 Å². The normalized spacial score (nSPS) is 26.1. The molecule has 0 radical (unpaired) electrons. The van der Waals surface area contributed by atoms with Crippen LogP contribution in [0.5, 0.6) is 0 Å². The van der Waals surface area contributed by atoms with Crippen LogP contribution in [-0.4, -0.2) is 36.7 Å². The Morgan fingerprint density at radius 1 is 1.50 bits per heavy atom. The number of aliphatic imine (C=N–C) groups is 1.